The Labute approximate surface area is 242 Å². The van der Waals surface area contributed by atoms with Crippen molar-refractivity contribution < 1.29 is 37.7 Å². The third kappa shape index (κ3) is 9.16. The van der Waals surface area contributed by atoms with Gasteiger partial charge in [0.05, 0.1) is 23.8 Å². The summed E-state index contributed by atoms with van der Waals surface area (Å²) in [5, 5.41) is 25.6. The number of esters is 1. The molecule has 2 atom stereocenters. The van der Waals surface area contributed by atoms with Crippen LogP contribution in [0.5, 0.6) is 11.6 Å². The third-order valence-electron chi connectivity index (χ3n) is 5.46. The Morgan fingerprint density at radius 3 is 2.24 bits per heavy atom. The van der Waals surface area contributed by atoms with Crippen LogP contribution in [-0.4, -0.2) is 65.2 Å². The Morgan fingerprint density at radius 1 is 1.00 bits per heavy atom. The van der Waals surface area contributed by atoms with Gasteiger partial charge in [-0.25, -0.2) is 18.6 Å². The summed E-state index contributed by atoms with van der Waals surface area (Å²) < 4.78 is 45.1. The van der Waals surface area contributed by atoms with Crippen molar-refractivity contribution in [3.8, 4) is 23.0 Å². The molecule has 0 aliphatic rings. The maximum atomic E-state index is 15.0. The molecule has 1 amide bonds. The first-order valence-electron chi connectivity index (χ1n) is 13.1. The van der Waals surface area contributed by atoms with Crippen molar-refractivity contribution in [1.29, 1.82) is 0 Å². The van der Waals surface area contributed by atoms with Crippen LogP contribution < -0.4 is 10.1 Å². The standard InChI is InChI=1S/C28H36F2N6O6/c1-26(2,3)41-24(37)21(28(7,8)39)20(32-25(38)42-27(4,5)6)15-36-34-22(33-35-36)17-12-11-16(14-19(17)30)40-23-18(29)10-9-13-31-23/h9-14,20-21,39H,15H2,1-8H3,(H,32,38)/t20-,21?/m1/s1. The summed E-state index contributed by atoms with van der Waals surface area (Å²) in [6, 6.07) is 5.14. The minimum Gasteiger partial charge on any atom is -0.460 e. The summed E-state index contributed by atoms with van der Waals surface area (Å²) in [6.45, 7) is 12.6. The van der Waals surface area contributed by atoms with Crippen molar-refractivity contribution in [1.82, 2.24) is 30.5 Å². The van der Waals surface area contributed by atoms with Crippen molar-refractivity contribution in [3.63, 3.8) is 0 Å². The number of aliphatic hydroxyl groups is 1. The largest absolute Gasteiger partial charge is 0.460 e. The number of benzene rings is 1. The van der Waals surface area contributed by atoms with Crippen LogP contribution in [0.4, 0.5) is 13.6 Å². The molecule has 0 saturated carbocycles. The van der Waals surface area contributed by atoms with Gasteiger partial charge in [0.25, 0.3) is 5.88 Å². The number of nitrogens with one attached hydrogen (secondary N) is 1. The lowest BCUT2D eigenvalue weighted by Crippen LogP contribution is -2.56. The average molecular weight is 591 g/mol. The minimum atomic E-state index is -1.67. The summed E-state index contributed by atoms with van der Waals surface area (Å²) >= 11 is 0. The van der Waals surface area contributed by atoms with Gasteiger partial charge in [0.1, 0.15) is 28.7 Å². The van der Waals surface area contributed by atoms with Gasteiger partial charge in [-0.15, -0.1) is 10.2 Å². The fourth-order valence-electron chi connectivity index (χ4n) is 3.91. The molecule has 1 unspecified atom stereocenters. The number of tetrazole rings is 1. The second-order valence-electron chi connectivity index (χ2n) is 12.1. The van der Waals surface area contributed by atoms with Crippen molar-refractivity contribution >= 4 is 12.1 Å². The number of rotatable bonds is 9. The number of halogens is 2. The molecule has 2 N–H and O–H groups in total. The number of ether oxygens (including phenoxy) is 3. The molecule has 3 rings (SSSR count). The first-order chi connectivity index (χ1) is 19.3. The molecule has 0 spiro atoms. The zero-order chi connectivity index (χ0) is 31.5. The predicted molar refractivity (Wildman–Crippen MR) is 146 cm³/mol. The molecule has 3 aromatic rings. The molecular weight excluding hydrogens is 554 g/mol. The normalized spacial score (nSPS) is 13.7. The van der Waals surface area contributed by atoms with E-state index in [0.717, 1.165) is 16.9 Å². The number of carbonyl (C=O) groups excluding carboxylic acids is 2. The van der Waals surface area contributed by atoms with E-state index in [1.165, 1.54) is 38.2 Å². The molecular formula is C28H36F2N6O6. The van der Waals surface area contributed by atoms with E-state index < -0.39 is 52.5 Å². The molecule has 228 valence electrons. The highest BCUT2D eigenvalue weighted by Crippen LogP contribution is 2.28. The van der Waals surface area contributed by atoms with Crippen molar-refractivity contribution in [2.75, 3.05) is 0 Å². The topological polar surface area (TPSA) is 151 Å². The Kier molecular flexibility index (Phi) is 9.50. The Morgan fingerprint density at radius 2 is 1.67 bits per heavy atom. The summed E-state index contributed by atoms with van der Waals surface area (Å²) in [5.74, 6) is -4.00. The lowest BCUT2D eigenvalue weighted by Gasteiger charge is -2.36. The zero-order valence-electron chi connectivity index (χ0n) is 24.8. The molecule has 1 aromatic carbocycles. The van der Waals surface area contributed by atoms with Gasteiger partial charge in [0, 0.05) is 12.3 Å². The quantitative estimate of drug-likeness (QED) is 0.343. The van der Waals surface area contributed by atoms with Crippen LogP contribution in [0.2, 0.25) is 0 Å². The number of alkyl carbamates (subject to hydrolysis) is 1. The van der Waals surface area contributed by atoms with Crippen molar-refractivity contribution in [2.24, 2.45) is 5.92 Å². The van der Waals surface area contributed by atoms with E-state index in [-0.39, 0.29) is 29.6 Å². The van der Waals surface area contributed by atoms with Gasteiger partial charge in [0.15, 0.2) is 5.82 Å². The number of hydrogen-bond donors (Lipinski definition) is 2. The SMILES string of the molecule is CC(C)(C)OC(=O)N[C@H](Cn1nnc(-c2ccc(Oc3ncccc3F)cc2F)n1)C(C(=O)OC(C)(C)C)C(C)(C)O. The molecule has 2 aromatic heterocycles. The fourth-order valence-corrected chi connectivity index (χ4v) is 3.91. The lowest BCUT2D eigenvalue weighted by molar-refractivity contribution is -0.170. The minimum absolute atomic E-state index is 0.00625. The number of amides is 1. The van der Waals surface area contributed by atoms with Gasteiger partial charge < -0.3 is 24.6 Å². The first-order valence-corrected chi connectivity index (χ1v) is 13.1. The smallest absolute Gasteiger partial charge is 0.407 e. The Hall–Kier alpha value is -4.20. The van der Waals surface area contributed by atoms with Crippen LogP contribution in [0.15, 0.2) is 36.5 Å². The van der Waals surface area contributed by atoms with Crippen LogP contribution in [0.1, 0.15) is 55.4 Å². The van der Waals surface area contributed by atoms with Gasteiger partial charge in [-0.05, 0) is 84.9 Å². The number of hydrogen-bond acceptors (Lipinski definition) is 10. The van der Waals surface area contributed by atoms with Crippen LogP contribution in [-0.2, 0) is 20.8 Å². The highest BCUT2D eigenvalue weighted by atomic mass is 19.1. The second kappa shape index (κ2) is 12.3. The molecule has 0 radical (unpaired) electrons. The zero-order valence-corrected chi connectivity index (χ0v) is 24.8. The van der Waals surface area contributed by atoms with E-state index in [0.29, 0.717) is 0 Å². The molecule has 0 bridgehead atoms. The van der Waals surface area contributed by atoms with Crippen LogP contribution in [0, 0.1) is 17.6 Å². The fraction of sp³-hybridized carbons (Fsp3) is 0.500. The lowest BCUT2D eigenvalue weighted by atomic mass is 9.84. The molecule has 2 heterocycles. The van der Waals surface area contributed by atoms with Crippen LogP contribution >= 0.6 is 0 Å². The predicted octanol–water partition coefficient (Wildman–Crippen LogP) is 4.43. The number of carbonyl (C=O) groups is 2. The first kappa shape index (κ1) is 32.3. The second-order valence-corrected chi connectivity index (χ2v) is 12.1. The van der Waals surface area contributed by atoms with E-state index >= 15 is 4.39 Å². The molecule has 12 nitrogen and oxygen atoms in total. The number of nitrogens with zero attached hydrogens (tertiary/aromatic N) is 5. The Bertz CT molecular complexity index is 1410. The molecule has 0 saturated heterocycles. The van der Waals surface area contributed by atoms with Crippen molar-refractivity contribution in [2.45, 2.75) is 84.8 Å². The monoisotopic (exact) mass is 590 g/mol. The van der Waals surface area contributed by atoms with Crippen molar-refractivity contribution in [3.05, 3.63) is 48.2 Å². The van der Waals surface area contributed by atoms with E-state index in [2.05, 4.69) is 25.7 Å². The van der Waals surface area contributed by atoms with Gasteiger partial charge >= 0.3 is 12.1 Å². The van der Waals surface area contributed by atoms with E-state index in [4.69, 9.17) is 14.2 Å². The van der Waals surface area contributed by atoms with Gasteiger partial charge in [0.2, 0.25) is 5.82 Å². The summed E-state index contributed by atoms with van der Waals surface area (Å²) in [7, 11) is 0. The highest BCUT2D eigenvalue weighted by Gasteiger charge is 2.44. The summed E-state index contributed by atoms with van der Waals surface area (Å²) in [4.78, 5) is 30.8. The van der Waals surface area contributed by atoms with Crippen LogP contribution in [0.3, 0.4) is 0 Å². The molecule has 14 heteroatoms. The maximum Gasteiger partial charge on any atom is 0.407 e. The Balaban J connectivity index is 1.89. The number of pyridine rings is 1. The van der Waals surface area contributed by atoms with E-state index in [1.54, 1.807) is 41.5 Å². The summed E-state index contributed by atoms with van der Waals surface area (Å²) in [5.41, 5.74) is -3.44. The maximum absolute atomic E-state index is 15.0. The van der Waals surface area contributed by atoms with Gasteiger partial charge in [-0.3, -0.25) is 4.79 Å². The third-order valence-corrected chi connectivity index (χ3v) is 5.46. The van der Waals surface area contributed by atoms with E-state index in [9.17, 15) is 19.1 Å². The van der Waals surface area contributed by atoms with Gasteiger partial charge in [-0.2, -0.15) is 4.80 Å². The summed E-state index contributed by atoms with van der Waals surface area (Å²) in [6.07, 6.45) is 0.485. The van der Waals surface area contributed by atoms with E-state index in [1.807, 2.05) is 0 Å². The average Bonchev–Trinajstić information content (AvgIpc) is 3.25. The van der Waals surface area contributed by atoms with Gasteiger partial charge in [-0.1, -0.05) is 0 Å². The molecule has 0 aliphatic heterocycles. The molecule has 0 fully saturated rings. The van der Waals surface area contributed by atoms with Crippen LogP contribution in [0.25, 0.3) is 11.4 Å². The highest BCUT2D eigenvalue weighted by molar-refractivity contribution is 5.77. The molecule has 42 heavy (non-hydrogen) atoms. The number of aromatic nitrogens is 5. The molecule has 0 aliphatic carbocycles.